The summed E-state index contributed by atoms with van der Waals surface area (Å²) in [5.74, 6) is 0.933. The van der Waals surface area contributed by atoms with E-state index < -0.39 is 0 Å². The second kappa shape index (κ2) is 7.81. The number of rotatable bonds is 6. The lowest BCUT2D eigenvalue weighted by molar-refractivity contribution is -0.113. The van der Waals surface area contributed by atoms with Crippen LogP contribution in [-0.4, -0.2) is 33.3 Å². The van der Waals surface area contributed by atoms with Crippen molar-refractivity contribution in [2.45, 2.75) is 5.16 Å². The molecule has 2 aromatic heterocycles. The van der Waals surface area contributed by atoms with Crippen LogP contribution >= 0.6 is 23.1 Å². The van der Waals surface area contributed by atoms with E-state index in [0.717, 1.165) is 27.6 Å². The van der Waals surface area contributed by atoms with E-state index in [4.69, 9.17) is 9.72 Å². The Hall–Kier alpha value is -2.84. The van der Waals surface area contributed by atoms with Gasteiger partial charge in [0, 0.05) is 17.3 Å². The molecular weight excluding hydrogens is 380 g/mol. The third-order valence-electron chi connectivity index (χ3n) is 3.87. The van der Waals surface area contributed by atoms with Crippen molar-refractivity contribution in [3.05, 3.63) is 60.1 Å². The quantitative estimate of drug-likeness (QED) is 0.494. The van der Waals surface area contributed by atoms with Gasteiger partial charge in [-0.25, -0.2) is 9.97 Å². The number of para-hydroxylation sites is 2. The number of imidazole rings is 1. The van der Waals surface area contributed by atoms with Crippen LogP contribution in [0.15, 0.2) is 65.3 Å². The molecule has 0 bridgehead atoms. The van der Waals surface area contributed by atoms with Crippen LogP contribution in [0.3, 0.4) is 0 Å². The van der Waals surface area contributed by atoms with Crippen LogP contribution in [-0.2, 0) is 4.79 Å². The first-order valence-electron chi connectivity index (χ1n) is 8.18. The number of thiazole rings is 1. The maximum absolute atomic E-state index is 12.2. The number of thioether (sulfide) groups is 1. The molecule has 6 nitrogen and oxygen atoms in total. The maximum Gasteiger partial charge on any atom is 0.236 e. The van der Waals surface area contributed by atoms with E-state index in [1.807, 2.05) is 53.9 Å². The molecule has 0 atom stereocenters. The van der Waals surface area contributed by atoms with Gasteiger partial charge in [-0.2, -0.15) is 0 Å². The van der Waals surface area contributed by atoms with Crippen molar-refractivity contribution in [1.82, 2.24) is 14.5 Å². The zero-order valence-electron chi connectivity index (χ0n) is 14.5. The molecule has 0 unspecified atom stereocenters. The lowest BCUT2D eigenvalue weighted by Crippen LogP contribution is -2.14. The molecule has 2 aromatic carbocycles. The van der Waals surface area contributed by atoms with Crippen LogP contribution in [0, 0.1) is 0 Å². The Bertz CT molecular complexity index is 1060. The number of hydrogen-bond donors (Lipinski definition) is 1. The molecule has 4 rings (SSSR count). The second-order valence-electron chi connectivity index (χ2n) is 5.59. The summed E-state index contributed by atoms with van der Waals surface area (Å²) in [6, 6.07) is 15.7. The SMILES string of the molecule is COc1ccc(-n2c(SCC(=O)Nc3nccs3)nc3ccccc32)cc1. The molecule has 0 saturated carbocycles. The number of carbonyl (C=O) groups is 1. The van der Waals surface area contributed by atoms with Crippen molar-refractivity contribution in [3.63, 3.8) is 0 Å². The first-order chi connectivity index (χ1) is 13.2. The molecule has 0 aliphatic rings. The highest BCUT2D eigenvalue weighted by atomic mass is 32.2. The molecule has 0 spiro atoms. The molecule has 27 heavy (non-hydrogen) atoms. The van der Waals surface area contributed by atoms with Crippen molar-refractivity contribution < 1.29 is 9.53 Å². The van der Waals surface area contributed by atoms with Gasteiger partial charge >= 0.3 is 0 Å². The van der Waals surface area contributed by atoms with Crippen LogP contribution in [0.4, 0.5) is 5.13 Å². The Kier molecular flexibility index (Phi) is 5.08. The predicted molar refractivity (Wildman–Crippen MR) is 109 cm³/mol. The standard InChI is InChI=1S/C19H16N4O2S2/c1-25-14-8-6-13(7-9-14)23-16-5-3-2-4-15(16)21-19(23)27-12-17(24)22-18-20-10-11-26-18/h2-11H,12H2,1H3,(H,20,22,24). The fraction of sp³-hybridized carbons (Fsp3) is 0.105. The lowest BCUT2D eigenvalue weighted by Gasteiger charge is -2.10. The Labute approximate surface area is 164 Å². The Morgan fingerprint density at radius 1 is 1.22 bits per heavy atom. The number of methoxy groups -OCH3 is 1. The molecule has 8 heteroatoms. The number of nitrogens with zero attached hydrogens (tertiary/aromatic N) is 3. The van der Waals surface area contributed by atoms with Gasteiger partial charge in [-0.1, -0.05) is 23.9 Å². The van der Waals surface area contributed by atoms with Gasteiger partial charge in [-0.05, 0) is 36.4 Å². The zero-order chi connectivity index (χ0) is 18.6. The van der Waals surface area contributed by atoms with E-state index >= 15 is 0 Å². The van der Waals surface area contributed by atoms with Gasteiger partial charge in [-0.3, -0.25) is 9.36 Å². The topological polar surface area (TPSA) is 69.0 Å². The summed E-state index contributed by atoms with van der Waals surface area (Å²) in [6.45, 7) is 0. The number of anilines is 1. The summed E-state index contributed by atoms with van der Waals surface area (Å²) >= 11 is 2.79. The van der Waals surface area contributed by atoms with E-state index in [9.17, 15) is 4.79 Å². The van der Waals surface area contributed by atoms with Gasteiger partial charge in [-0.15, -0.1) is 11.3 Å². The lowest BCUT2D eigenvalue weighted by atomic mass is 10.2. The van der Waals surface area contributed by atoms with Crippen LogP contribution in [0.25, 0.3) is 16.7 Å². The number of hydrogen-bond acceptors (Lipinski definition) is 6. The average Bonchev–Trinajstić information content (AvgIpc) is 3.33. The summed E-state index contributed by atoms with van der Waals surface area (Å²) in [7, 11) is 1.64. The molecule has 0 radical (unpaired) electrons. The number of amides is 1. The molecule has 1 N–H and O–H groups in total. The first-order valence-corrected chi connectivity index (χ1v) is 10.0. The summed E-state index contributed by atoms with van der Waals surface area (Å²) in [6.07, 6.45) is 1.66. The summed E-state index contributed by atoms with van der Waals surface area (Å²) in [5, 5.41) is 5.98. The first kappa shape index (κ1) is 17.6. The van der Waals surface area contributed by atoms with Crippen molar-refractivity contribution in [2.75, 3.05) is 18.2 Å². The smallest absolute Gasteiger partial charge is 0.236 e. The molecule has 4 aromatic rings. The fourth-order valence-corrected chi connectivity index (χ4v) is 4.03. The predicted octanol–water partition coefficient (Wildman–Crippen LogP) is 4.22. The summed E-state index contributed by atoms with van der Waals surface area (Å²) in [4.78, 5) is 21.0. The molecule has 1 amide bonds. The van der Waals surface area contributed by atoms with E-state index in [1.165, 1.54) is 23.1 Å². The van der Waals surface area contributed by atoms with Crippen molar-refractivity contribution in [1.29, 1.82) is 0 Å². The van der Waals surface area contributed by atoms with Gasteiger partial charge in [0.05, 0.1) is 23.9 Å². The largest absolute Gasteiger partial charge is 0.497 e. The fourth-order valence-electron chi connectivity index (χ4n) is 2.65. The third kappa shape index (κ3) is 3.81. The molecule has 2 heterocycles. The number of carbonyl (C=O) groups excluding carboxylic acids is 1. The van der Waals surface area contributed by atoms with Crippen LogP contribution < -0.4 is 10.1 Å². The third-order valence-corrected chi connectivity index (χ3v) is 5.50. The van der Waals surface area contributed by atoms with Crippen LogP contribution in [0.5, 0.6) is 5.75 Å². The van der Waals surface area contributed by atoms with E-state index in [2.05, 4.69) is 14.9 Å². The average molecular weight is 396 g/mol. The summed E-state index contributed by atoms with van der Waals surface area (Å²) in [5.41, 5.74) is 2.84. The molecular formula is C19H16N4O2S2. The Balaban J connectivity index is 1.62. The van der Waals surface area contributed by atoms with E-state index in [1.54, 1.807) is 13.3 Å². The molecule has 0 aliphatic carbocycles. The number of aromatic nitrogens is 3. The van der Waals surface area contributed by atoms with Crippen molar-refractivity contribution in [2.24, 2.45) is 0 Å². The van der Waals surface area contributed by atoms with Crippen molar-refractivity contribution in [3.8, 4) is 11.4 Å². The highest BCUT2D eigenvalue weighted by Crippen LogP contribution is 2.29. The van der Waals surface area contributed by atoms with Gasteiger partial charge in [0.25, 0.3) is 0 Å². The number of nitrogens with one attached hydrogen (secondary N) is 1. The highest BCUT2D eigenvalue weighted by molar-refractivity contribution is 7.99. The monoisotopic (exact) mass is 396 g/mol. The highest BCUT2D eigenvalue weighted by Gasteiger charge is 2.15. The minimum Gasteiger partial charge on any atom is -0.497 e. The van der Waals surface area contributed by atoms with Crippen molar-refractivity contribution >= 4 is 45.2 Å². The molecule has 0 fully saturated rings. The summed E-state index contributed by atoms with van der Waals surface area (Å²) < 4.78 is 7.30. The van der Waals surface area contributed by atoms with Gasteiger partial charge < -0.3 is 10.1 Å². The van der Waals surface area contributed by atoms with Gasteiger partial charge in [0.15, 0.2) is 10.3 Å². The van der Waals surface area contributed by atoms with Crippen LogP contribution in [0.2, 0.25) is 0 Å². The number of ether oxygens (including phenoxy) is 1. The van der Waals surface area contributed by atoms with E-state index in [-0.39, 0.29) is 11.7 Å². The number of fused-ring (bicyclic) bond motifs is 1. The maximum atomic E-state index is 12.2. The zero-order valence-corrected chi connectivity index (χ0v) is 16.1. The Morgan fingerprint density at radius 3 is 2.78 bits per heavy atom. The minimum atomic E-state index is -0.108. The van der Waals surface area contributed by atoms with Gasteiger partial charge in [0.2, 0.25) is 5.91 Å². The second-order valence-corrected chi connectivity index (χ2v) is 7.43. The van der Waals surface area contributed by atoms with Gasteiger partial charge in [0.1, 0.15) is 5.75 Å². The van der Waals surface area contributed by atoms with E-state index in [0.29, 0.717) is 5.13 Å². The Morgan fingerprint density at radius 2 is 2.04 bits per heavy atom. The van der Waals surface area contributed by atoms with Crippen LogP contribution in [0.1, 0.15) is 0 Å². The normalized spacial score (nSPS) is 10.9. The number of benzene rings is 2. The minimum absolute atomic E-state index is 0.108. The molecule has 136 valence electrons. The molecule has 0 saturated heterocycles. The molecule has 0 aliphatic heterocycles.